The van der Waals surface area contributed by atoms with E-state index >= 15 is 0 Å². The fraction of sp³-hybridized carbons (Fsp3) is 0.200. The molecule has 1 aliphatic heterocycles. The van der Waals surface area contributed by atoms with E-state index in [4.69, 9.17) is 23.2 Å². The lowest BCUT2D eigenvalue weighted by atomic mass is 9.96. The molecule has 0 amide bonds. The van der Waals surface area contributed by atoms with E-state index in [0.29, 0.717) is 15.6 Å². The first-order valence-corrected chi connectivity index (χ1v) is 6.86. The number of rotatable bonds is 2. The van der Waals surface area contributed by atoms with E-state index in [-0.39, 0.29) is 6.04 Å². The van der Waals surface area contributed by atoms with E-state index in [1.54, 1.807) is 18.2 Å². The molecule has 2 nitrogen and oxygen atoms in total. The van der Waals surface area contributed by atoms with Crippen molar-refractivity contribution in [2.45, 2.75) is 18.7 Å². The van der Waals surface area contributed by atoms with E-state index < -0.39 is 6.10 Å². The molecule has 19 heavy (non-hydrogen) atoms. The highest BCUT2D eigenvalue weighted by atomic mass is 35.5. The van der Waals surface area contributed by atoms with Crippen molar-refractivity contribution in [3.8, 4) is 0 Å². The molecule has 0 radical (unpaired) electrons. The molecule has 2 aromatic rings. The van der Waals surface area contributed by atoms with E-state index in [0.717, 1.165) is 12.1 Å². The molecule has 0 bridgehead atoms. The van der Waals surface area contributed by atoms with Gasteiger partial charge in [-0.05, 0) is 29.3 Å². The lowest BCUT2D eigenvalue weighted by Gasteiger charge is -2.21. The van der Waals surface area contributed by atoms with Gasteiger partial charge < -0.3 is 10.4 Å². The molecule has 0 saturated carbocycles. The highest BCUT2D eigenvalue weighted by Crippen LogP contribution is 2.38. The van der Waals surface area contributed by atoms with Crippen molar-refractivity contribution in [3.05, 3.63) is 69.2 Å². The maximum atomic E-state index is 10.6. The fourth-order valence-corrected chi connectivity index (χ4v) is 2.94. The summed E-state index contributed by atoms with van der Waals surface area (Å²) in [6.07, 6.45) is -0.713. The summed E-state index contributed by atoms with van der Waals surface area (Å²) >= 11 is 12.1. The van der Waals surface area contributed by atoms with Gasteiger partial charge in [0.1, 0.15) is 0 Å². The molecule has 3 rings (SSSR count). The monoisotopic (exact) mass is 293 g/mol. The first-order chi connectivity index (χ1) is 9.16. The molecule has 1 aliphatic rings. The van der Waals surface area contributed by atoms with Crippen LogP contribution >= 0.6 is 23.2 Å². The molecule has 98 valence electrons. The van der Waals surface area contributed by atoms with Gasteiger partial charge in [0.25, 0.3) is 0 Å². The van der Waals surface area contributed by atoms with Crippen LogP contribution in [0.25, 0.3) is 0 Å². The minimum Gasteiger partial charge on any atom is -0.386 e. The van der Waals surface area contributed by atoms with Crippen molar-refractivity contribution in [2.24, 2.45) is 0 Å². The Hall–Kier alpha value is -1.06. The van der Waals surface area contributed by atoms with Crippen molar-refractivity contribution in [1.29, 1.82) is 0 Å². The number of nitrogens with one attached hydrogen (secondary N) is 1. The van der Waals surface area contributed by atoms with Crippen molar-refractivity contribution in [2.75, 3.05) is 0 Å². The average Bonchev–Trinajstić information content (AvgIpc) is 2.84. The number of halogens is 2. The molecule has 0 spiro atoms. The van der Waals surface area contributed by atoms with Crippen LogP contribution in [0.5, 0.6) is 0 Å². The van der Waals surface area contributed by atoms with Crippen molar-refractivity contribution < 1.29 is 5.11 Å². The molecule has 0 aromatic heterocycles. The zero-order valence-electron chi connectivity index (χ0n) is 10.1. The van der Waals surface area contributed by atoms with Crippen molar-refractivity contribution in [1.82, 2.24) is 5.32 Å². The molecule has 1 heterocycles. The van der Waals surface area contributed by atoms with Gasteiger partial charge in [0.15, 0.2) is 0 Å². The summed E-state index contributed by atoms with van der Waals surface area (Å²) in [6, 6.07) is 13.1. The first-order valence-electron chi connectivity index (χ1n) is 6.11. The maximum absolute atomic E-state index is 10.6. The molecule has 4 heteroatoms. The topological polar surface area (TPSA) is 32.3 Å². The second-order valence-corrected chi connectivity index (χ2v) is 5.51. The Morgan fingerprint density at radius 2 is 1.95 bits per heavy atom. The van der Waals surface area contributed by atoms with E-state index in [9.17, 15) is 5.11 Å². The molecular formula is C15H13Cl2NO. The Morgan fingerprint density at radius 1 is 1.16 bits per heavy atom. The fourth-order valence-electron chi connectivity index (χ4n) is 2.53. The van der Waals surface area contributed by atoms with Gasteiger partial charge >= 0.3 is 0 Å². The van der Waals surface area contributed by atoms with Gasteiger partial charge in [0.05, 0.1) is 12.1 Å². The van der Waals surface area contributed by atoms with Gasteiger partial charge in [0, 0.05) is 22.2 Å². The third kappa shape index (κ3) is 2.37. The minimum absolute atomic E-state index is 0.146. The summed E-state index contributed by atoms with van der Waals surface area (Å²) in [6.45, 7) is 0.760. The maximum Gasteiger partial charge on any atom is 0.0999 e. The lowest BCUT2D eigenvalue weighted by molar-refractivity contribution is 0.134. The first kappa shape index (κ1) is 12.9. The van der Waals surface area contributed by atoms with Crippen molar-refractivity contribution in [3.63, 3.8) is 0 Å². The third-order valence-corrected chi connectivity index (χ3v) is 4.07. The van der Waals surface area contributed by atoms with E-state index in [1.165, 1.54) is 5.56 Å². The van der Waals surface area contributed by atoms with Crippen molar-refractivity contribution >= 4 is 23.2 Å². The number of hydrogen-bond acceptors (Lipinski definition) is 2. The highest BCUT2D eigenvalue weighted by molar-refractivity contribution is 6.33. The van der Waals surface area contributed by atoms with Gasteiger partial charge in [-0.15, -0.1) is 0 Å². The van der Waals surface area contributed by atoms with Crippen LogP contribution in [0.3, 0.4) is 0 Å². The second-order valence-electron chi connectivity index (χ2n) is 4.67. The van der Waals surface area contributed by atoms with Gasteiger partial charge in [-0.3, -0.25) is 0 Å². The summed E-state index contributed by atoms with van der Waals surface area (Å²) in [5.41, 5.74) is 2.99. The Kier molecular flexibility index (Phi) is 3.50. The van der Waals surface area contributed by atoms with Crippen LogP contribution in [-0.4, -0.2) is 5.11 Å². The molecule has 2 unspecified atom stereocenters. The number of benzene rings is 2. The average molecular weight is 294 g/mol. The van der Waals surface area contributed by atoms with Crippen LogP contribution in [-0.2, 0) is 6.54 Å². The second kappa shape index (κ2) is 5.14. The summed E-state index contributed by atoms with van der Waals surface area (Å²) in [5, 5.41) is 15.0. The molecule has 2 N–H and O–H groups in total. The Balaban J connectivity index is 1.97. The number of aliphatic hydroxyl groups excluding tert-OH is 1. The molecule has 2 atom stereocenters. The Labute approximate surface area is 122 Å². The van der Waals surface area contributed by atoms with Crippen LogP contribution in [0.15, 0.2) is 42.5 Å². The molecule has 2 aromatic carbocycles. The van der Waals surface area contributed by atoms with Gasteiger partial charge in [-0.2, -0.15) is 0 Å². The van der Waals surface area contributed by atoms with Gasteiger partial charge in [-0.1, -0.05) is 47.5 Å². The Bertz CT molecular complexity index is 615. The number of hydrogen-bond donors (Lipinski definition) is 2. The summed E-state index contributed by atoms with van der Waals surface area (Å²) < 4.78 is 0. The zero-order chi connectivity index (χ0) is 13.4. The largest absolute Gasteiger partial charge is 0.386 e. The normalized spacial score (nSPS) is 19.2. The minimum atomic E-state index is -0.713. The smallest absolute Gasteiger partial charge is 0.0999 e. The Morgan fingerprint density at radius 3 is 2.79 bits per heavy atom. The van der Waals surface area contributed by atoms with Gasteiger partial charge in [0.2, 0.25) is 0 Å². The molecule has 0 saturated heterocycles. The van der Waals surface area contributed by atoms with Gasteiger partial charge in [-0.25, -0.2) is 0 Å². The third-order valence-electron chi connectivity index (χ3n) is 3.50. The summed E-state index contributed by atoms with van der Waals surface area (Å²) in [7, 11) is 0. The van der Waals surface area contributed by atoms with E-state index in [2.05, 4.69) is 11.4 Å². The molecule has 0 aliphatic carbocycles. The number of aliphatic hydroxyl groups is 1. The quantitative estimate of drug-likeness (QED) is 0.881. The van der Waals surface area contributed by atoms with Crippen LogP contribution in [0.4, 0.5) is 0 Å². The van der Waals surface area contributed by atoms with Crippen LogP contribution < -0.4 is 5.32 Å². The standard InChI is InChI=1S/C15H13Cl2NO/c16-10-5-6-13(17)12(7-10)15(19)14-11-4-2-1-3-9(11)8-18-14/h1-7,14-15,18-19H,8H2. The lowest BCUT2D eigenvalue weighted by Crippen LogP contribution is -2.20. The molecular weight excluding hydrogens is 281 g/mol. The highest BCUT2D eigenvalue weighted by Gasteiger charge is 2.30. The van der Waals surface area contributed by atoms with Crippen LogP contribution in [0.1, 0.15) is 28.8 Å². The number of fused-ring (bicyclic) bond motifs is 1. The molecule has 0 fully saturated rings. The zero-order valence-corrected chi connectivity index (χ0v) is 11.6. The summed E-state index contributed by atoms with van der Waals surface area (Å²) in [5.74, 6) is 0. The van der Waals surface area contributed by atoms with Crippen LogP contribution in [0.2, 0.25) is 10.0 Å². The SMILES string of the molecule is OC(c1cc(Cl)ccc1Cl)C1NCc2ccccc21. The summed E-state index contributed by atoms with van der Waals surface area (Å²) in [4.78, 5) is 0. The van der Waals surface area contributed by atoms with Crippen LogP contribution in [0, 0.1) is 0 Å². The predicted molar refractivity (Wildman–Crippen MR) is 77.4 cm³/mol. The predicted octanol–water partition coefficient (Wildman–Crippen LogP) is 3.87. The van der Waals surface area contributed by atoms with E-state index in [1.807, 2.05) is 18.2 Å².